The summed E-state index contributed by atoms with van der Waals surface area (Å²) in [7, 11) is 1.50. The monoisotopic (exact) mass is 395 g/mol. The molecule has 0 radical (unpaired) electrons. The number of ether oxygens (including phenoxy) is 1. The molecule has 5 nitrogen and oxygen atoms in total. The van der Waals surface area contributed by atoms with Crippen LogP contribution in [0, 0.1) is 6.92 Å². The zero-order valence-electron chi connectivity index (χ0n) is 11.4. The topological polar surface area (TPSA) is 72.5 Å². The molecule has 0 saturated carbocycles. The van der Waals surface area contributed by atoms with Crippen LogP contribution >= 0.6 is 26.6 Å². The molecule has 1 aromatic rings. The highest BCUT2D eigenvalue weighted by Crippen LogP contribution is 2.28. The van der Waals surface area contributed by atoms with E-state index in [0.29, 0.717) is 23.2 Å². The number of carbonyl (C=O) groups is 1. The molecule has 1 heterocycles. The predicted octanol–water partition coefficient (Wildman–Crippen LogP) is 2.59. The largest absolute Gasteiger partial charge is 0.381 e. The first-order valence-electron chi connectivity index (χ1n) is 6.42. The second kappa shape index (κ2) is 6.64. The van der Waals surface area contributed by atoms with Crippen molar-refractivity contribution in [1.29, 1.82) is 0 Å². The van der Waals surface area contributed by atoms with Gasteiger partial charge in [-0.1, -0.05) is 15.9 Å². The molecule has 1 aromatic carbocycles. The Kier molecular flexibility index (Phi) is 5.29. The smallest absolute Gasteiger partial charge is 0.261 e. The number of hydrogen-bond donors (Lipinski definition) is 1. The van der Waals surface area contributed by atoms with Crippen molar-refractivity contribution in [3.8, 4) is 0 Å². The van der Waals surface area contributed by atoms with Crippen molar-refractivity contribution in [2.24, 2.45) is 0 Å². The van der Waals surface area contributed by atoms with Crippen LogP contribution < -0.4 is 5.32 Å². The summed E-state index contributed by atoms with van der Waals surface area (Å²) >= 11 is 3.26. The van der Waals surface area contributed by atoms with Crippen LogP contribution in [0.1, 0.15) is 28.8 Å². The minimum Gasteiger partial charge on any atom is -0.381 e. The van der Waals surface area contributed by atoms with Gasteiger partial charge in [0, 0.05) is 40.0 Å². The highest BCUT2D eigenvalue weighted by Gasteiger charge is 2.21. The highest BCUT2D eigenvalue weighted by atomic mass is 79.9. The van der Waals surface area contributed by atoms with E-state index in [1.54, 1.807) is 13.0 Å². The second-order valence-corrected chi connectivity index (χ2v) is 8.27. The number of hydrogen-bond acceptors (Lipinski definition) is 4. The molecular weight excluding hydrogens is 382 g/mol. The van der Waals surface area contributed by atoms with Gasteiger partial charge >= 0.3 is 0 Å². The Labute approximate surface area is 136 Å². The van der Waals surface area contributed by atoms with E-state index in [-0.39, 0.29) is 22.4 Å². The Morgan fingerprint density at radius 1 is 1.38 bits per heavy atom. The Hall–Kier alpha value is -0.630. The number of amides is 1. The van der Waals surface area contributed by atoms with E-state index in [1.165, 1.54) is 6.07 Å². The van der Waals surface area contributed by atoms with Crippen LogP contribution in [-0.4, -0.2) is 33.6 Å². The van der Waals surface area contributed by atoms with Crippen LogP contribution in [0.4, 0.5) is 0 Å². The van der Waals surface area contributed by atoms with Gasteiger partial charge in [0.05, 0.1) is 4.90 Å². The SMILES string of the molecule is Cc1c(Br)cc(C(=O)NC2CCOCC2)cc1S(=O)(=O)Cl. The lowest BCUT2D eigenvalue weighted by Crippen LogP contribution is -2.38. The Bertz CT molecular complexity index is 656. The number of nitrogens with one attached hydrogen (secondary N) is 1. The molecule has 1 aliphatic rings. The summed E-state index contributed by atoms with van der Waals surface area (Å²) in [6, 6.07) is 2.94. The van der Waals surface area contributed by atoms with E-state index < -0.39 is 9.05 Å². The van der Waals surface area contributed by atoms with Crippen LogP contribution in [0.2, 0.25) is 0 Å². The van der Waals surface area contributed by atoms with Crippen LogP contribution in [0.15, 0.2) is 21.5 Å². The zero-order chi connectivity index (χ0) is 15.6. The van der Waals surface area contributed by atoms with Gasteiger partial charge in [-0.2, -0.15) is 0 Å². The zero-order valence-corrected chi connectivity index (χ0v) is 14.5. The van der Waals surface area contributed by atoms with Gasteiger partial charge in [0.25, 0.3) is 15.0 Å². The van der Waals surface area contributed by atoms with Gasteiger partial charge < -0.3 is 10.1 Å². The minimum atomic E-state index is -3.90. The molecule has 0 unspecified atom stereocenters. The van der Waals surface area contributed by atoms with Crippen molar-refractivity contribution in [3.63, 3.8) is 0 Å². The molecule has 21 heavy (non-hydrogen) atoms. The van der Waals surface area contributed by atoms with Crippen LogP contribution in [0.5, 0.6) is 0 Å². The summed E-state index contributed by atoms with van der Waals surface area (Å²) in [6.07, 6.45) is 1.50. The summed E-state index contributed by atoms with van der Waals surface area (Å²) in [5, 5.41) is 2.88. The van der Waals surface area contributed by atoms with Crippen LogP contribution in [0.25, 0.3) is 0 Å². The van der Waals surface area contributed by atoms with Gasteiger partial charge in [-0.3, -0.25) is 4.79 Å². The maximum Gasteiger partial charge on any atom is 0.261 e. The molecule has 1 saturated heterocycles. The van der Waals surface area contributed by atoms with Crippen molar-refractivity contribution in [3.05, 3.63) is 27.7 Å². The molecule has 1 aliphatic heterocycles. The predicted molar refractivity (Wildman–Crippen MR) is 83.2 cm³/mol. The molecule has 0 spiro atoms. The number of rotatable bonds is 3. The fourth-order valence-corrected chi connectivity index (χ4v) is 3.96. The lowest BCUT2D eigenvalue weighted by Gasteiger charge is -2.23. The number of carbonyl (C=O) groups excluding carboxylic acids is 1. The lowest BCUT2D eigenvalue weighted by atomic mass is 10.1. The van der Waals surface area contributed by atoms with Crippen molar-refractivity contribution in [1.82, 2.24) is 5.32 Å². The van der Waals surface area contributed by atoms with Gasteiger partial charge in [0.2, 0.25) is 0 Å². The maximum atomic E-state index is 12.2. The van der Waals surface area contributed by atoms with Crippen LogP contribution in [0.3, 0.4) is 0 Å². The van der Waals surface area contributed by atoms with Gasteiger partial charge in [0.1, 0.15) is 0 Å². The Morgan fingerprint density at radius 3 is 2.57 bits per heavy atom. The third-order valence-corrected chi connectivity index (χ3v) is 5.65. The molecule has 0 atom stereocenters. The lowest BCUT2D eigenvalue weighted by molar-refractivity contribution is 0.0696. The first kappa shape index (κ1) is 16.7. The highest BCUT2D eigenvalue weighted by molar-refractivity contribution is 9.10. The molecule has 1 N–H and O–H groups in total. The third-order valence-electron chi connectivity index (χ3n) is 3.38. The first-order valence-corrected chi connectivity index (χ1v) is 9.52. The average Bonchev–Trinajstić information content (AvgIpc) is 2.41. The quantitative estimate of drug-likeness (QED) is 0.797. The number of benzene rings is 1. The van der Waals surface area contributed by atoms with E-state index >= 15 is 0 Å². The molecule has 0 aromatic heterocycles. The molecular formula is C13H15BrClNO4S. The third kappa shape index (κ3) is 4.18. The Balaban J connectivity index is 2.27. The Morgan fingerprint density at radius 2 is 2.00 bits per heavy atom. The fourth-order valence-electron chi connectivity index (χ4n) is 2.15. The van der Waals surface area contributed by atoms with Crippen LogP contribution in [-0.2, 0) is 13.8 Å². The van der Waals surface area contributed by atoms with Gasteiger partial charge in [-0.15, -0.1) is 0 Å². The van der Waals surface area contributed by atoms with Gasteiger partial charge in [-0.25, -0.2) is 8.42 Å². The molecule has 2 rings (SSSR count). The minimum absolute atomic E-state index is 0.0439. The molecule has 1 amide bonds. The molecule has 1 fully saturated rings. The summed E-state index contributed by atoms with van der Waals surface area (Å²) < 4.78 is 28.9. The normalized spacial score (nSPS) is 16.7. The van der Waals surface area contributed by atoms with Crippen molar-refractivity contribution in [2.75, 3.05) is 13.2 Å². The molecule has 116 valence electrons. The number of halogens is 2. The second-order valence-electron chi connectivity index (χ2n) is 4.88. The van der Waals surface area contributed by atoms with E-state index in [9.17, 15) is 13.2 Å². The molecule has 8 heteroatoms. The van der Waals surface area contributed by atoms with E-state index in [0.717, 1.165) is 12.8 Å². The van der Waals surface area contributed by atoms with E-state index in [1.807, 2.05) is 0 Å². The summed E-state index contributed by atoms with van der Waals surface area (Å²) in [6.45, 7) is 2.85. The first-order chi connectivity index (χ1) is 9.79. The summed E-state index contributed by atoms with van der Waals surface area (Å²) in [5.74, 6) is -0.316. The van der Waals surface area contributed by atoms with Gasteiger partial charge in [-0.05, 0) is 37.5 Å². The molecule has 0 aliphatic carbocycles. The van der Waals surface area contributed by atoms with Gasteiger partial charge in [0.15, 0.2) is 0 Å². The summed E-state index contributed by atoms with van der Waals surface area (Å²) in [5.41, 5.74) is 0.741. The average molecular weight is 397 g/mol. The van der Waals surface area contributed by atoms with Crippen molar-refractivity contribution in [2.45, 2.75) is 30.7 Å². The maximum absolute atomic E-state index is 12.2. The van der Waals surface area contributed by atoms with Crippen molar-refractivity contribution >= 4 is 41.6 Å². The van der Waals surface area contributed by atoms with E-state index in [2.05, 4.69) is 21.2 Å². The fraction of sp³-hybridized carbons (Fsp3) is 0.462. The van der Waals surface area contributed by atoms with E-state index in [4.69, 9.17) is 15.4 Å². The van der Waals surface area contributed by atoms with Crippen molar-refractivity contribution < 1.29 is 17.9 Å². The molecule has 0 bridgehead atoms. The standard InChI is InChI=1S/C13H15BrClNO4S/c1-8-11(14)6-9(7-12(8)21(15,18)19)13(17)16-10-2-4-20-5-3-10/h6-7,10H,2-5H2,1H3,(H,16,17). The summed E-state index contributed by atoms with van der Waals surface area (Å²) in [4.78, 5) is 12.2.